The Balaban J connectivity index is 2.08. The lowest BCUT2D eigenvalue weighted by molar-refractivity contribution is 0.104. The van der Waals surface area contributed by atoms with Gasteiger partial charge in [0.1, 0.15) is 5.75 Å². The molecule has 0 aliphatic carbocycles. The van der Waals surface area contributed by atoms with Crippen LogP contribution in [0.2, 0.25) is 0 Å². The number of hydrogen-bond donors (Lipinski definition) is 0. The van der Waals surface area contributed by atoms with E-state index in [0.717, 1.165) is 16.2 Å². The maximum atomic E-state index is 12.1. The van der Waals surface area contributed by atoms with E-state index in [4.69, 9.17) is 4.74 Å². The fourth-order valence-electron chi connectivity index (χ4n) is 1.90. The van der Waals surface area contributed by atoms with Crippen molar-refractivity contribution < 1.29 is 9.53 Å². The van der Waals surface area contributed by atoms with Crippen LogP contribution in [0.5, 0.6) is 5.75 Å². The predicted molar refractivity (Wildman–Crippen MR) is 89.2 cm³/mol. The number of carbonyl (C=O) groups is 1. The highest BCUT2D eigenvalue weighted by molar-refractivity contribution is 7.98. The Morgan fingerprint density at radius 3 is 2.62 bits per heavy atom. The highest BCUT2D eigenvalue weighted by atomic mass is 32.2. The van der Waals surface area contributed by atoms with Crippen molar-refractivity contribution in [3.05, 3.63) is 65.7 Å². The van der Waals surface area contributed by atoms with Crippen molar-refractivity contribution in [2.24, 2.45) is 0 Å². The van der Waals surface area contributed by atoms with Gasteiger partial charge in [-0.2, -0.15) is 0 Å². The van der Waals surface area contributed by atoms with E-state index < -0.39 is 0 Å². The molecule has 0 unspecified atom stereocenters. The number of carbonyl (C=O) groups excluding carboxylic acids is 1. The smallest absolute Gasteiger partial charge is 0.185 e. The maximum absolute atomic E-state index is 12.1. The van der Waals surface area contributed by atoms with Crippen LogP contribution in [0.1, 0.15) is 22.8 Å². The number of ether oxygens (including phenoxy) is 1. The van der Waals surface area contributed by atoms with Gasteiger partial charge >= 0.3 is 0 Å². The summed E-state index contributed by atoms with van der Waals surface area (Å²) >= 11 is 1.66. The molecular formula is C18H18O2S. The zero-order chi connectivity index (χ0) is 15.1. The molecule has 0 N–H and O–H groups in total. The van der Waals surface area contributed by atoms with E-state index in [1.807, 2.05) is 67.8 Å². The molecule has 0 radical (unpaired) electrons. The third-order valence-electron chi connectivity index (χ3n) is 2.97. The van der Waals surface area contributed by atoms with Crippen molar-refractivity contribution in [2.75, 3.05) is 12.9 Å². The molecule has 0 saturated carbocycles. The lowest BCUT2D eigenvalue weighted by atomic mass is 10.1. The third-order valence-corrected chi connectivity index (χ3v) is 3.71. The number of hydrogen-bond acceptors (Lipinski definition) is 3. The van der Waals surface area contributed by atoms with Crippen LogP contribution in [-0.2, 0) is 0 Å². The molecule has 0 aromatic heterocycles. The van der Waals surface area contributed by atoms with Crippen LogP contribution in [0, 0.1) is 0 Å². The van der Waals surface area contributed by atoms with Crippen LogP contribution in [0.15, 0.2) is 59.5 Å². The van der Waals surface area contributed by atoms with Crippen molar-refractivity contribution >= 4 is 23.6 Å². The lowest BCUT2D eigenvalue weighted by Gasteiger charge is -2.03. The second-order valence-corrected chi connectivity index (χ2v) is 5.31. The average molecular weight is 298 g/mol. The first-order valence-electron chi connectivity index (χ1n) is 6.82. The highest BCUT2D eigenvalue weighted by Gasteiger charge is 2.01. The van der Waals surface area contributed by atoms with Crippen LogP contribution in [0.4, 0.5) is 0 Å². The number of allylic oxidation sites excluding steroid dienone is 1. The highest BCUT2D eigenvalue weighted by Crippen LogP contribution is 2.17. The Bertz CT molecular complexity index is 630. The molecule has 0 atom stereocenters. The molecule has 0 bridgehead atoms. The number of benzene rings is 2. The van der Waals surface area contributed by atoms with Crippen LogP contribution >= 0.6 is 11.8 Å². The molecule has 0 amide bonds. The van der Waals surface area contributed by atoms with E-state index in [2.05, 4.69) is 0 Å². The molecule has 3 heteroatoms. The van der Waals surface area contributed by atoms with Crippen molar-refractivity contribution in [3.63, 3.8) is 0 Å². The third kappa shape index (κ3) is 4.50. The summed E-state index contributed by atoms with van der Waals surface area (Å²) in [5, 5.41) is 0. The van der Waals surface area contributed by atoms with E-state index in [-0.39, 0.29) is 5.78 Å². The van der Waals surface area contributed by atoms with Crippen molar-refractivity contribution in [2.45, 2.75) is 11.8 Å². The Morgan fingerprint density at radius 1 is 1.19 bits per heavy atom. The number of rotatable bonds is 6. The summed E-state index contributed by atoms with van der Waals surface area (Å²) in [7, 11) is 0. The van der Waals surface area contributed by atoms with Gasteiger partial charge in [0.2, 0.25) is 0 Å². The van der Waals surface area contributed by atoms with Crippen LogP contribution < -0.4 is 4.74 Å². The van der Waals surface area contributed by atoms with Gasteiger partial charge in [0, 0.05) is 10.5 Å². The van der Waals surface area contributed by atoms with Gasteiger partial charge < -0.3 is 4.74 Å². The van der Waals surface area contributed by atoms with E-state index in [0.29, 0.717) is 12.2 Å². The van der Waals surface area contributed by atoms with Gasteiger partial charge in [-0.1, -0.05) is 18.2 Å². The first-order valence-corrected chi connectivity index (χ1v) is 8.04. The van der Waals surface area contributed by atoms with Gasteiger partial charge in [0.25, 0.3) is 0 Å². The minimum Gasteiger partial charge on any atom is -0.494 e. The number of ketones is 1. The van der Waals surface area contributed by atoms with Gasteiger partial charge in [-0.15, -0.1) is 11.8 Å². The second-order valence-electron chi connectivity index (χ2n) is 4.43. The molecule has 2 aromatic carbocycles. The largest absolute Gasteiger partial charge is 0.494 e. The van der Waals surface area contributed by atoms with Crippen LogP contribution in [0.25, 0.3) is 6.08 Å². The standard InChI is InChI=1S/C18H18O2S/c1-3-20-16-6-4-5-14(13-16)7-12-18(19)15-8-10-17(21-2)11-9-15/h4-13H,3H2,1-2H3/b12-7+. The summed E-state index contributed by atoms with van der Waals surface area (Å²) < 4.78 is 5.44. The van der Waals surface area contributed by atoms with Crippen molar-refractivity contribution in [3.8, 4) is 5.75 Å². The number of thioether (sulfide) groups is 1. The summed E-state index contributed by atoms with van der Waals surface area (Å²) in [6.45, 7) is 2.58. The summed E-state index contributed by atoms with van der Waals surface area (Å²) in [5.41, 5.74) is 1.65. The molecule has 2 aromatic rings. The van der Waals surface area contributed by atoms with E-state index in [1.54, 1.807) is 17.8 Å². The summed E-state index contributed by atoms with van der Waals surface area (Å²) in [4.78, 5) is 13.3. The Morgan fingerprint density at radius 2 is 1.95 bits per heavy atom. The zero-order valence-corrected chi connectivity index (χ0v) is 13.0. The molecule has 0 spiro atoms. The molecule has 2 nitrogen and oxygen atoms in total. The van der Waals surface area contributed by atoms with Gasteiger partial charge in [-0.05, 0) is 61.2 Å². The van der Waals surface area contributed by atoms with Gasteiger partial charge in [0.15, 0.2) is 5.78 Å². The molecular weight excluding hydrogens is 280 g/mol. The summed E-state index contributed by atoms with van der Waals surface area (Å²) in [5.74, 6) is 0.820. The van der Waals surface area contributed by atoms with Crippen molar-refractivity contribution in [1.82, 2.24) is 0 Å². The van der Waals surface area contributed by atoms with E-state index >= 15 is 0 Å². The lowest BCUT2D eigenvalue weighted by Crippen LogP contribution is -1.94. The Labute approximate surface area is 129 Å². The minimum atomic E-state index is 0.00414. The van der Waals surface area contributed by atoms with E-state index in [9.17, 15) is 4.79 Å². The average Bonchev–Trinajstić information content (AvgIpc) is 2.53. The minimum absolute atomic E-state index is 0.00414. The van der Waals surface area contributed by atoms with Crippen LogP contribution in [0.3, 0.4) is 0 Å². The van der Waals surface area contributed by atoms with E-state index in [1.165, 1.54) is 0 Å². The first-order chi connectivity index (χ1) is 10.2. The molecule has 0 heterocycles. The molecule has 0 aliphatic heterocycles. The SMILES string of the molecule is CCOc1cccc(/C=C/C(=O)c2ccc(SC)cc2)c1. The summed E-state index contributed by atoms with van der Waals surface area (Å²) in [6, 6.07) is 15.3. The zero-order valence-electron chi connectivity index (χ0n) is 12.2. The molecule has 108 valence electrons. The fraction of sp³-hybridized carbons (Fsp3) is 0.167. The van der Waals surface area contributed by atoms with Gasteiger partial charge in [0.05, 0.1) is 6.61 Å². The second kappa shape index (κ2) is 7.70. The molecule has 2 rings (SSSR count). The molecule has 0 fully saturated rings. The first kappa shape index (κ1) is 15.4. The van der Waals surface area contributed by atoms with Gasteiger partial charge in [-0.25, -0.2) is 0 Å². The molecule has 0 saturated heterocycles. The van der Waals surface area contributed by atoms with Crippen LogP contribution in [-0.4, -0.2) is 18.6 Å². The quantitative estimate of drug-likeness (QED) is 0.439. The van der Waals surface area contributed by atoms with Gasteiger partial charge in [-0.3, -0.25) is 4.79 Å². The molecule has 21 heavy (non-hydrogen) atoms. The fourth-order valence-corrected chi connectivity index (χ4v) is 2.31. The topological polar surface area (TPSA) is 26.3 Å². The summed E-state index contributed by atoms with van der Waals surface area (Å²) in [6.07, 6.45) is 5.43. The maximum Gasteiger partial charge on any atom is 0.185 e. The monoisotopic (exact) mass is 298 g/mol. The Hall–Kier alpha value is -2.00. The predicted octanol–water partition coefficient (Wildman–Crippen LogP) is 4.70. The Kier molecular flexibility index (Phi) is 5.64. The van der Waals surface area contributed by atoms with Crippen molar-refractivity contribution in [1.29, 1.82) is 0 Å². The molecule has 0 aliphatic rings. The normalized spacial score (nSPS) is 10.8.